The molecule has 0 N–H and O–H groups in total. The van der Waals surface area contributed by atoms with Crippen LogP contribution in [0.5, 0.6) is 0 Å². The molecule has 0 aliphatic carbocycles. The molecule has 3 saturated heterocycles. The summed E-state index contributed by atoms with van der Waals surface area (Å²) in [5.74, 6) is 0.0667. The van der Waals surface area contributed by atoms with E-state index in [0.29, 0.717) is 6.61 Å². The van der Waals surface area contributed by atoms with Crippen molar-refractivity contribution in [3.05, 3.63) is 0 Å². The number of hydrogen-bond acceptors (Lipinski definition) is 4. The number of piperidine rings is 1. The Morgan fingerprint density at radius 1 is 1.50 bits per heavy atom. The van der Waals surface area contributed by atoms with E-state index in [1.807, 2.05) is 0 Å². The van der Waals surface area contributed by atoms with Crippen LogP contribution in [0.15, 0.2) is 0 Å². The van der Waals surface area contributed by atoms with Gasteiger partial charge >= 0.3 is 6.09 Å². The third kappa shape index (κ3) is 1.23. The van der Waals surface area contributed by atoms with Gasteiger partial charge in [-0.15, -0.1) is 0 Å². The fourth-order valence-electron chi connectivity index (χ4n) is 3.07. The van der Waals surface area contributed by atoms with E-state index in [1.54, 1.807) is 11.8 Å². The number of fused-ring (bicyclic) bond motifs is 5. The van der Waals surface area contributed by atoms with Crippen molar-refractivity contribution in [2.24, 2.45) is 5.92 Å². The molecule has 3 aliphatic heterocycles. The van der Waals surface area contributed by atoms with Crippen molar-refractivity contribution in [1.29, 1.82) is 5.26 Å². The van der Waals surface area contributed by atoms with Crippen LogP contribution in [0.25, 0.3) is 0 Å². The van der Waals surface area contributed by atoms with Crippen LogP contribution in [-0.2, 0) is 9.47 Å². The maximum absolute atomic E-state index is 11.8. The Hall–Kier alpha value is -1.28. The van der Waals surface area contributed by atoms with Gasteiger partial charge in [-0.2, -0.15) is 5.26 Å². The van der Waals surface area contributed by atoms with Gasteiger partial charge in [0.05, 0.1) is 30.7 Å². The number of epoxide rings is 1. The first-order valence-corrected chi connectivity index (χ1v) is 5.76. The number of rotatable bonds is 1. The van der Waals surface area contributed by atoms with Gasteiger partial charge in [0.2, 0.25) is 0 Å². The summed E-state index contributed by atoms with van der Waals surface area (Å²) < 4.78 is 10.6. The Balaban J connectivity index is 1.79. The summed E-state index contributed by atoms with van der Waals surface area (Å²) in [6.07, 6.45) is 1.53. The molecule has 3 unspecified atom stereocenters. The molecule has 86 valence electrons. The second-order valence-electron chi connectivity index (χ2n) is 4.60. The second-order valence-corrected chi connectivity index (χ2v) is 4.60. The zero-order valence-corrected chi connectivity index (χ0v) is 9.13. The number of amides is 1. The lowest BCUT2D eigenvalue weighted by Gasteiger charge is -2.37. The maximum Gasteiger partial charge on any atom is 0.410 e. The highest BCUT2D eigenvalue weighted by molar-refractivity contribution is 5.70. The fourth-order valence-corrected chi connectivity index (χ4v) is 3.07. The molecule has 0 radical (unpaired) electrons. The average Bonchev–Trinajstić information content (AvgIpc) is 3.03. The van der Waals surface area contributed by atoms with Crippen LogP contribution in [0, 0.1) is 17.2 Å². The third-order valence-electron chi connectivity index (χ3n) is 3.75. The van der Waals surface area contributed by atoms with Crippen LogP contribution in [0.3, 0.4) is 0 Å². The van der Waals surface area contributed by atoms with Crippen LogP contribution in [0.1, 0.15) is 19.8 Å². The summed E-state index contributed by atoms with van der Waals surface area (Å²) in [7, 11) is 0. The molecular weight excluding hydrogens is 208 g/mol. The van der Waals surface area contributed by atoms with Gasteiger partial charge in [0.25, 0.3) is 0 Å². The zero-order chi connectivity index (χ0) is 11.3. The SMILES string of the molecule is CCOC(=O)N1C2CC(C#N)CC1[C@@H]1O[C@H]21. The van der Waals surface area contributed by atoms with E-state index < -0.39 is 0 Å². The number of carbonyl (C=O) groups is 1. The summed E-state index contributed by atoms with van der Waals surface area (Å²) >= 11 is 0. The van der Waals surface area contributed by atoms with Gasteiger partial charge < -0.3 is 9.47 Å². The van der Waals surface area contributed by atoms with Crippen molar-refractivity contribution in [2.45, 2.75) is 44.1 Å². The Kier molecular flexibility index (Phi) is 2.08. The summed E-state index contributed by atoms with van der Waals surface area (Å²) in [5.41, 5.74) is 0. The molecule has 2 bridgehead atoms. The molecule has 3 fully saturated rings. The van der Waals surface area contributed by atoms with Crippen molar-refractivity contribution in [3.63, 3.8) is 0 Å². The van der Waals surface area contributed by atoms with Gasteiger partial charge in [-0.25, -0.2) is 4.79 Å². The molecule has 3 heterocycles. The van der Waals surface area contributed by atoms with Crippen molar-refractivity contribution in [2.75, 3.05) is 6.61 Å². The normalized spacial score (nSPS) is 43.5. The lowest BCUT2D eigenvalue weighted by atomic mass is 9.91. The Labute approximate surface area is 93.9 Å². The number of nitriles is 1. The van der Waals surface area contributed by atoms with Gasteiger partial charge in [0.1, 0.15) is 12.2 Å². The molecule has 5 heteroatoms. The van der Waals surface area contributed by atoms with E-state index in [1.165, 1.54) is 0 Å². The van der Waals surface area contributed by atoms with Crippen LogP contribution in [0.2, 0.25) is 0 Å². The molecule has 5 atom stereocenters. The standard InChI is InChI=1S/C11H14N2O3/c1-2-15-11(14)13-7-3-6(5-12)4-8(13)10-9(7)16-10/h6-10H,2-4H2,1H3/t6?,7?,8?,9-,10+. The van der Waals surface area contributed by atoms with Crippen molar-refractivity contribution >= 4 is 6.09 Å². The van der Waals surface area contributed by atoms with E-state index in [4.69, 9.17) is 14.7 Å². The van der Waals surface area contributed by atoms with Crippen LogP contribution >= 0.6 is 0 Å². The van der Waals surface area contributed by atoms with Crippen molar-refractivity contribution in [3.8, 4) is 6.07 Å². The van der Waals surface area contributed by atoms with Gasteiger partial charge in [0.15, 0.2) is 0 Å². The molecule has 5 nitrogen and oxygen atoms in total. The van der Waals surface area contributed by atoms with E-state index >= 15 is 0 Å². The molecule has 16 heavy (non-hydrogen) atoms. The smallest absolute Gasteiger partial charge is 0.410 e. The molecule has 0 spiro atoms. The quantitative estimate of drug-likeness (QED) is 0.618. The molecule has 0 aromatic carbocycles. The Morgan fingerprint density at radius 2 is 2.12 bits per heavy atom. The average molecular weight is 222 g/mol. The lowest BCUT2D eigenvalue weighted by molar-refractivity contribution is 0.0247. The van der Waals surface area contributed by atoms with Crippen LogP contribution < -0.4 is 0 Å². The molecule has 3 rings (SSSR count). The fraction of sp³-hybridized carbons (Fsp3) is 0.818. The Morgan fingerprint density at radius 3 is 2.62 bits per heavy atom. The van der Waals surface area contributed by atoms with Gasteiger partial charge in [-0.3, -0.25) is 4.90 Å². The number of ether oxygens (including phenoxy) is 2. The minimum absolute atomic E-state index is 0.0625. The molecule has 1 amide bonds. The predicted molar refractivity (Wildman–Crippen MR) is 53.4 cm³/mol. The third-order valence-corrected chi connectivity index (χ3v) is 3.75. The van der Waals surface area contributed by atoms with E-state index in [0.717, 1.165) is 12.8 Å². The summed E-state index contributed by atoms with van der Waals surface area (Å²) in [4.78, 5) is 13.6. The molecule has 0 aromatic rings. The first kappa shape index (κ1) is 9.91. The highest BCUT2D eigenvalue weighted by Gasteiger charge is 2.65. The topological polar surface area (TPSA) is 65.9 Å². The van der Waals surface area contributed by atoms with Gasteiger partial charge in [-0.1, -0.05) is 0 Å². The molecule has 3 aliphatic rings. The zero-order valence-electron chi connectivity index (χ0n) is 9.13. The molecule has 0 saturated carbocycles. The first-order chi connectivity index (χ1) is 7.76. The first-order valence-electron chi connectivity index (χ1n) is 5.76. The largest absolute Gasteiger partial charge is 0.450 e. The lowest BCUT2D eigenvalue weighted by Crippen LogP contribution is -2.50. The number of nitrogens with zero attached hydrogens (tertiary/aromatic N) is 2. The second kappa shape index (κ2) is 3.36. The van der Waals surface area contributed by atoms with Gasteiger partial charge in [-0.05, 0) is 19.8 Å². The number of carbonyl (C=O) groups excluding carboxylic acids is 1. The van der Waals surface area contributed by atoms with Crippen molar-refractivity contribution in [1.82, 2.24) is 4.90 Å². The monoisotopic (exact) mass is 222 g/mol. The molecular formula is C11H14N2O3. The minimum atomic E-state index is -0.246. The summed E-state index contributed by atoms with van der Waals surface area (Å²) in [6, 6.07) is 2.43. The molecule has 0 aromatic heterocycles. The van der Waals surface area contributed by atoms with Crippen LogP contribution in [0.4, 0.5) is 4.79 Å². The van der Waals surface area contributed by atoms with E-state index in [2.05, 4.69) is 6.07 Å². The minimum Gasteiger partial charge on any atom is -0.450 e. The maximum atomic E-state index is 11.8. The number of morpholine rings is 1. The van der Waals surface area contributed by atoms with Crippen LogP contribution in [-0.4, -0.2) is 41.9 Å². The Bertz CT molecular complexity index is 347. The predicted octanol–water partition coefficient (Wildman–Crippen LogP) is 0.897. The van der Waals surface area contributed by atoms with Gasteiger partial charge in [0, 0.05) is 0 Å². The van der Waals surface area contributed by atoms with E-state index in [-0.39, 0.29) is 36.3 Å². The van der Waals surface area contributed by atoms with E-state index in [9.17, 15) is 4.79 Å². The summed E-state index contributed by atoms with van der Waals surface area (Å²) in [6.45, 7) is 2.20. The summed E-state index contributed by atoms with van der Waals surface area (Å²) in [5, 5.41) is 8.96. The van der Waals surface area contributed by atoms with Crippen molar-refractivity contribution < 1.29 is 14.3 Å². The highest BCUT2D eigenvalue weighted by Crippen LogP contribution is 2.49. The highest BCUT2D eigenvalue weighted by atomic mass is 16.6. The number of hydrogen-bond donors (Lipinski definition) is 0.